The highest BCUT2D eigenvalue weighted by atomic mass is 35.5. The van der Waals surface area contributed by atoms with Crippen LogP contribution in [-0.4, -0.2) is 66.8 Å². The summed E-state index contributed by atoms with van der Waals surface area (Å²) in [6, 6.07) is 10.9. The normalized spacial score (nSPS) is 16.9. The monoisotopic (exact) mass is 507 g/mol. The van der Waals surface area contributed by atoms with Crippen LogP contribution in [0.3, 0.4) is 0 Å². The summed E-state index contributed by atoms with van der Waals surface area (Å²) in [7, 11) is 2.08. The van der Waals surface area contributed by atoms with E-state index in [4.69, 9.17) is 28.5 Å². The highest BCUT2D eigenvalue weighted by Crippen LogP contribution is 2.29. The van der Waals surface area contributed by atoms with Crippen LogP contribution < -0.4 is 16.8 Å². The first-order chi connectivity index (χ1) is 16.6. The van der Waals surface area contributed by atoms with Crippen molar-refractivity contribution >= 4 is 23.0 Å². The van der Waals surface area contributed by atoms with Gasteiger partial charge in [-0.05, 0) is 24.7 Å². The van der Waals surface area contributed by atoms with Gasteiger partial charge < -0.3 is 21.7 Å². The van der Waals surface area contributed by atoms with Crippen molar-refractivity contribution < 1.29 is 13.2 Å². The van der Waals surface area contributed by atoms with E-state index < -0.39 is 11.9 Å². The second kappa shape index (κ2) is 11.6. The molecule has 1 aromatic carbocycles. The largest absolute Gasteiger partial charge is 0.433 e. The maximum atomic E-state index is 12.9. The number of likely N-dealkylation sites (N-methyl/N-ethyl adjacent to an activating group) is 1. The maximum absolute atomic E-state index is 12.9. The van der Waals surface area contributed by atoms with E-state index in [9.17, 15) is 13.2 Å². The molecule has 0 aliphatic carbocycles. The van der Waals surface area contributed by atoms with Crippen molar-refractivity contribution in [2.24, 2.45) is 11.5 Å². The lowest BCUT2D eigenvalue weighted by atomic mass is 10.0. The number of rotatable bonds is 8. The van der Waals surface area contributed by atoms with E-state index in [1.165, 1.54) is 6.07 Å². The second-order valence-corrected chi connectivity index (χ2v) is 8.64. The summed E-state index contributed by atoms with van der Waals surface area (Å²) in [4.78, 5) is 8.00. The number of benzene rings is 1. The van der Waals surface area contributed by atoms with Gasteiger partial charge in [0.1, 0.15) is 11.5 Å². The fourth-order valence-corrected chi connectivity index (χ4v) is 3.91. The maximum Gasteiger partial charge on any atom is 0.433 e. The minimum Gasteiger partial charge on any atom is -0.397 e. The quantitative estimate of drug-likeness (QED) is 0.323. The first-order valence-corrected chi connectivity index (χ1v) is 11.4. The fourth-order valence-electron chi connectivity index (χ4n) is 3.60. The van der Waals surface area contributed by atoms with Crippen molar-refractivity contribution in [2.75, 3.05) is 46.3 Å². The summed E-state index contributed by atoms with van der Waals surface area (Å²) in [5.74, 6) is 0.105. The number of nitrogens with two attached hydrogens (primary N) is 2. The van der Waals surface area contributed by atoms with Crippen LogP contribution in [0.15, 0.2) is 65.1 Å². The average Bonchev–Trinajstić information content (AvgIpc) is 2.85. The fraction of sp³-hybridized carbons (Fsp3) is 0.333. The van der Waals surface area contributed by atoms with Crippen LogP contribution in [0.5, 0.6) is 0 Å². The van der Waals surface area contributed by atoms with Crippen LogP contribution in [0.25, 0.3) is 5.70 Å². The molecular weight excluding hydrogens is 479 g/mol. The van der Waals surface area contributed by atoms with Crippen molar-refractivity contribution in [3.05, 3.63) is 81.9 Å². The molecule has 0 saturated carbocycles. The van der Waals surface area contributed by atoms with E-state index in [2.05, 4.69) is 27.1 Å². The molecule has 2 heterocycles. The van der Waals surface area contributed by atoms with E-state index >= 15 is 0 Å². The van der Waals surface area contributed by atoms with Crippen LogP contribution in [-0.2, 0) is 6.18 Å². The van der Waals surface area contributed by atoms with Crippen molar-refractivity contribution in [1.82, 2.24) is 20.1 Å². The van der Waals surface area contributed by atoms with Gasteiger partial charge in [0.25, 0.3) is 0 Å². The highest BCUT2D eigenvalue weighted by Gasteiger charge is 2.32. The minimum absolute atomic E-state index is 0.0192. The first kappa shape index (κ1) is 26.5. The zero-order chi connectivity index (χ0) is 25.6. The number of allylic oxidation sites excluding steroid dienone is 2. The number of nitrogens with zero attached hydrogens (tertiary/aromatic N) is 3. The van der Waals surface area contributed by atoms with Crippen molar-refractivity contribution in [3.63, 3.8) is 0 Å². The number of hydrogen-bond donors (Lipinski definition) is 4. The predicted molar refractivity (Wildman–Crippen MR) is 133 cm³/mol. The topological polar surface area (TPSA) is 107 Å². The summed E-state index contributed by atoms with van der Waals surface area (Å²) in [6.07, 6.45) is -3.61. The summed E-state index contributed by atoms with van der Waals surface area (Å²) >= 11 is 6.64. The van der Waals surface area contributed by atoms with E-state index in [1.54, 1.807) is 24.3 Å². The Labute approximate surface area is 207 Å². The summed E-state index contributed by atoms with van der Waals surface area (Å²) < 4.78 is 38.8. The molecule has 0 radical (unpaired) electrons. The summed E-state index contributed by atoms with van der Waals surface area (Å²) in [6.45, 7) is 5.04. The van der Waals surface area contributed by atoms with Crippen molar-refractivity contribution in [1.29, 1.82) is 5.41 Å². The Morgan fingerprint density at radius 3 is 2.29 bits per heavy atom. The third kappa shape index (κ3) is 6.97. The zero-order valence-corrected chi connectivity index (χ0v) is 20.1. The number of halogens is 4. The van der Waals surface area contributed by atoms with Gasteiger partial charge in [-0.15, -0.1) is 0 Å². The summed E-state index contributed by atoms with van der Waals surface area (Å²) in [5.41, 5.74) is 12.4. The Balaban J connectivity index is 1.89. The van der Waals surface area contributed by atoms with Gasteiger partial charge in [0.2, 0.25) is 0 Å². The Morgan fingerprint density at radius 2 is 1.71 bits per heavy atom. The molecule has 11 heteroatoms. The lowest BCUT2D eigenvalue weighted by molar-refractivity contribution is -0.141. The van der Waals surface area contributed by atoms with Gasteiger partial charge >= 0.3 is 6.18 Å². The van der Waals surface area contributed by atoms with Crippen LogP contribution >= 0.6 is 11.6 Å². The molecule has 6 N–H and O–H groups in total. The Bertz CT molecular complexity index is 1070. The molecule has 0 atom stereocenters. The number of aromatic nitrogens is 1. The molecule has 0 amide bonds. The van der Waals surface area contributed by atoms with Gasteiger partial charge in [-0.3, -0.25) is 15.3 Å². The van der Waals surface area contributed by atoms with E-state index in [0.717, 1.165) is 45.0 Å². The first-order valence-electron chi connectivity index (χ1n) is 11.1. The number of pyridine rings is 1. The van der Waals surface area contributed by atoms with Gasteiger partial charge in [-0.2, -0.15) is 13.2 Å². The van der Waals surface area contributed by atoms with Crippen LogP contribution in [0.2, 0.25) is 0 Å². The molecule has 188 valence electrons. The molecule has 1 saturated heterocycles. The second-order valence-electron chi connectivity index (χ2n) is 8.26. The van der Waals surface area contributed by atoms with Gasteiger partial charge in [-0.25, -0.2) is 0 Å². The van der Waals surface area contributed by atoms with Crippen LogP contribution in [0.1, 0.15) is 16.8 Å². The predicted octanol–water partition coefficient (Wildman–Crippen LogP) is 3.04. The lowest BCUT2D eigenvalue weighted by Crippen LogP contribution is -2.46. The molecule has 0 bridgehead atoms. The SMILES string of the molecule is CN1CCN(CCN/C(N)=C(C(=N)c2ccc(C(F)(F)F)nc2)/C(Cl)=C(\N)c2ccccc2)CC1. The molecular formula is C24H29ClF3N7. The van der Waals surface area contributed by atoms with E-state index in [-0.39, 0.29) is 33.4 Å². The molecule has 3 rings (SSSR count). The molecule has 2 aromatic rings. The number of nitrogens with one attached hydrogen (secondary N) is 2. The summed E-state index contributed by atoms with van der Waals surface area (Å²) in [5, 5.41) is 11.8. The molecule has 0 spiro atoms. The molecule has 35 heavy (non-hydrogen) atoms. The number of alkyl halides is 3. The average molecular weight is 508 g/mol. The minimum atomic E-state index is -4.58. The van der Waals surface area contributed by atoms with Gasteiger partial charge in [0.15, 0.2) is 0 Å². The number of hydrogen-bond acceptors (Lipinski definition) is 7. The number of piperazine rings is 1. The van der Waals surface area contributed by atoms with Gasteiger partial charge in [0, 0.05) is 51.0 Å². The Hall–Kier alpha value is -3.08. The van der Waals surface area contributed by atoms with Crippen molar-refractivity contribution in [3.8, 4) is 0 Å². The molecule has 7 nitrogen and oxygen atoms in total. The van der Waals surface area contributed by atoms with Crippen molar-refractivity contribution in [2.45, 2.75) is 6.18 Å². The third-order valence-electron chi connectivity index (χ3n) is 5.74. The zero-order valence-electron chi connectivity index (χ0n) is 19.4. The van der Waals surface area contributed by atoms with Crippen LogP contribution in [0, 0.1) is 5.41 Å². The smallest absolute Gasteiger partial charge is 0.397 e. The van der Waals surface area contributed by atoms with Gasteiger partial charge in [-0.1, -0.05) is 41.9 Å². The highest BCUT2D eigenvalue weighted by molar-refractivity contribution is 6.39. The van der Waals surface area contributed by atoms with Crippen LogP contribution in [0.4, 0.5) is 13.2 Å². The third-order valence-corrected chi connectivity index (χ3v) is 6.13. The van der Waals surface area contributed by atoms with E-state index in [0.29, 0.717) is 12.1 Å². The molecule has 1 fully saturated rings. The molecule has 1 aliphatic rings. The Kier molecular flexibility index (Phi) is 8.76. The standard InChI is InChI=1S/C24H29ClF3N7/c1-34-11-13-35(14-12-34)10-9-32-23(31)19(20(25)22(30)16-5-3-2-4-6-16)21(29)17-7-8-18(33-15-17)24(26,27)28/h2-8,15,29,32H,9-14,30-31H2,1H3/b22-20+,23-19-,29-21?. The molecule has 1 aliphatic heterocycles. The van der Waals surface area contributed by atoms with Gasteiger partial charge in [0.05, 0.1) is 22.0 Å². The molecule has 1 aromatic heterocycles. The molecule has 0 unspecified atom stereocenters. The Morgan fingerprint density at radius 1 is 1.06 bits per heavy atom. The lowest BCUT2D eigenvalue weighted by Gasteiger charge is -2.32. The van der Waals surface area contributed by atoms with E-state index in [1.807, 2.05) is 6.07 Å².